The van der Waals surface area contributed by atoms with Gasteiger partial charge >= 0.3 is 5.97 Å². The van der Waals surface area contributed by atoms with Crippen LogP contribution in [0.2, 0.25) is 0 Å². The van der Waals surface area contributed by atoms with E-state index in [9.17, 15) is 4.79 Å². The van der Waals surface area contributed by atoms with Gasteiger partial charge in [-0.3, -0.25) is 0 Å². The van der Waals surface area contributed by atoms with Gasteiger partial charge in [-0.1, -0.05) is 0 Å². The number of esters is 1. The lowest BCUT2D eigenvalue weighted by atomic mass is 9.97. The Morgan fingerprint density at radius 3 is 2.78 bits per heavy atom. The highest BCUT2D eigenvalue weighted by atomic mass is 35.5. The van der Waals surface area contributed by atoms with Gasteiger partial charge < -0.3 is 14.4 Å². The molecule has 0 saturated carbocycles. The molecule has 2 atom stereocenters. The summed E-state index contributed by atoms with van der Waals surface area (Å²) in [4.78, 5) is 23.2. The van der Waals surface area contributed by atoms with Gasteiger partial charge in [0.25, 0.3) is 0 Å². The van der Waals surface area contributed by atoms with E-state index in [0.29, 0.717) is 25.3 Å². The van der Waals surface area contributed by atoms with Crippen molar-refractivity contribution in [3.05, 3.63) is 70.6 Å². The zero-order valence-electron chi connectivity index (χ0n) is 19.5. The summed E-state index contributed by atoms with van der Waals surface area (Å²) < 4.78 is 12.5. The topological polar surface area (TPSA) is 108 Å². The molecule has 186 valence electrons. The Hall–Kier alpha value is -3.57. The second kappa shape index (κ2) is 11.0. The van der Waals surface area contributed by atoms with Gasteiger partial charge in [-0.05, 0) is 60.2 Å². The molecule has 36 heavy (non-hydrogen) atoms. The van der Waals surface area contributed by atoms with Crippen LogP contribution in [0.4, 0.5) is 5.82 Å². The Kier molecular flexibility index (Phi) is 7.38. The third kappa shape index (κ3) is 5.47. The second-order valence-corrected chi connectivity index (χ2v) is 9.65. The summed E-state index contributed by atoms with van der Waals surface area (Å²) in [7, 11) is 0. The smallest absolute Gasteiger partial charge is 0.339 e. The molecule has 0 radical (unpaired) electrons. The third-order valence-corrected chi connectivity index (χ3v) is 7.32. The Morgan fingerprint density at radius 2 is 2.08 bits per heavy atom. The molecule has 0 spiro atoms. The third-order valence-electron chi connectivity index (χ3n) is 5.85. The number of piperidine rings is 1. The number of hydrogen-bond acceptors (Lipinski definition) is 10. The Labute approximate surface area is 216 Å². The Morgan fingerprint density at radius 1 is 1.22 bits per heavy atom. The van der Waals surface area contributed by atoms with E-state index in [4.69, 9.17) is 26.1 Å². The molecule has 10 nitrogen and oxygen atoms in total. The molecule has 0 aliphatic carbocycles. The molecule has 0 N–H and O–H groups in total. The molecule has 4 heterocycles. The van der Waals surface area contributed by atoms with Crippen LogP contribution in [-0.2, 0) is 11.3 Å². The molecule has 12 heteroatoms. The monoisotopic (exact) mass is 525 g/mol. The van der Waals surface area contributed by atoms with E-state index in [2.05, 4.69) is 25.4 Å². The van der Waals surface area contributed by atoms with Crippen molar-refractivity contribution in [3.8, 4) is 11.4 Å². The predicted octanol–water partition coefficient (Wildman–Crippen LogP) is 3.87. The molecule has 2 unspecified atom stereocenters. The lowest BCUT2D eigenvalue weighted by Crippen LogP contribution is -2.40. The number of pyridine rings is 1. The number of benzene rings is 1. The molecule has 0 amide bonds. The summed E-state index contributed by atoms with van der Waals surface area (Å²) in [6.07, 6.45) is 3.95. The van der Waals surface area contributed by atoms with E-state index >= 15 is 0 Å². The van der Waals surface area contributed by atoms with Crippen molar-refractivity contribution in [2.75, 3.05) is 24.6 Å². The number of halogens is 1. The van der Waals surface area contributed by atoms with Gasteiger partial charge in [0.05, 0.1) is 33.9 Å². The number of ether oxygens (including phenoxy) is 2. The number of carbonyl (C=O) groups excluding carboxylic acids is 1. The number of thiazole rings is 1. The minimum absolute atomic E-state index is 0.107. The molecule has 1 aliphatic rings. The fraction of sp³-hybridized carbons (Fsp3) is 0.333. The molecule has 4 aromatic rings. The van der Waals surface area contributed by atoms with Crippen LogP contribution in [0.1, 0.15) is 40.3 Å². The van der Waals surface area contributed by atoms with Crippen LogP contribution < -0.4 is 9.64 Å². The summed E-state index contributed by atoms with van der Waals surface area (Å²) in [5.74, 6) is 1.34. The van der Waals surface area contributed by atoms with Crippen LogP contribution in [-0.4, -0.2) is 61.2 Å². The lowest BCUT2D eigenvalue weighted by molar-refractivity contribution is 0.0526. The first-order valence-corrected chi connectivity index (χ1v) is 12.8. The zero-order valence-corrected chi connectivity index (χ0v) is 21.1. The number of hydrogen-bond donors (Lipinski definition) is 0. The molecule has 3 aromatic heterocycles. The SMILES string of the molecule is CCOC(=O)c1ccc(N2CCC(c3nc(COc4ccc(-n5cnnn5)cc4)cs3)C(Cl)C2)nc1. The van der Waals surface area contributed by atoms with Gasteiger partial charge in [0, 0.05) is 30.6 Å². The largest absolute Gasteiger partial charge is 0.487 e. The molecule has 0 bridgehead atoms. The van der Waals surface area contributed by atoms with Crippen molar-refractivity contribution in [2.24, 2.45) is 0 Å². The summed E-state index contributed by atoms with van der Waals surface area (Å²) >= 11 is 8.42. The van der Waals surface area contributed by atoms with Gasteiger partial charge in [0.1, 0.15) is 24.5 Å². The standard InChI is InChI=1S/C24H24ClN7O3S/c1-2-34-24(33)16-3-8-22(26-11-16)31-10-9-20(21(25)12-31)23-28-17(14-36-23)13-35-19-6-4-18(5-7-19)32-15-27-29-30-32/h3-8,11,14-15,20-21H,2,9-10,12-13H2,1H3. The van der Waals surface area contributed by atoms with E-state index in [1.54, 1.807) is 41.5 Å². The van der Waals surface area contributed by atoms with E-state index in [-0.39, 0.29) is 17.3 Å². The van der Waals surface area contributed by atoms with Gasteiger partial charge in [-0.15, -0.1) is 28.0 Å². The van der Waals surface area contributed by atoms with Crippen molar-refractivity contribution < 1.29 is 14.3 Å². The summed E-state index contributed by atoms with van der Waals surface area (Å²) in [6.45, 7) is 3.95. The normalized spacial score (nSPS) is 17.7. The minimum atomic E-state index is -0.365. The number of nitrogens with zero attached hydrogens (tertiary/aromatic N) is 7. The number of aromatic nitrogens is 6. The molecule has 1 saturated heterocycles. The van der Waals surface area contributed by atoms with Crippen molar-refractivity contribution in [1.29, 1.82) is 0 Å². The number of anilines is 1. The minimum Gasteiger partial charge on any atom is -0.487 e. The highest BCUT2D eigenvalue weighted by molar-refractivity contribution is 7.09. The number of alkyl halides is 1. The maximum absolute atomic E-state index is 11.9. The van der Waals surface area contributed by atoms with Crippen LogP contribution >= 0.6 is 22.9 Å². The Bertz CT molecular complexity index is 1280. The average molecular weight is 526 g/mol. The summed E-state index contributed by atoms with van der Waals surface area (Å²) in [5.41, 5.74) is 2.17. The fourth-order valence-electron chi connectivity index (χ4n) is 3.99. The van der Waals surface area contributed by atoms with Crippen LogP contribution in [0.3, 0.4) is 0 Å². The van der Waals surface area contributed by atoms with E-state index in [1.165, 1.54) is 0 Å². The molecule has 1 aliphatic heterocycles. The van der Waals surface area contributed by atoms with Gasteiger partial charge in [-0.25, -0.2) is 19.4 Å². The average Bonchev–Trinajstić information content (AvgIpc) is 3.61. The van der Waals surface area contributed by atoms with Crippen LogP contribution in [0, 0.1) is 0 Å². The second-order valence-electron chi connectivity index (χ2n) is 8.20. The van der Waals surface area contributed by atoms with Crippen LogP contribution in [0.5, 0.6) is 5.75 Å². The number of tetrazole rings is 1. The fourth-order valence-corrected chi connectivity index (χ4v) is 5.48. The first kappa shape index (κ1) is 24.1. The van der Waals surface area contributed by atoms with Crippen molar-refractivity contribution in [1.82, 2.24) is 30.2 Å². The van der Waals surface area contributed by atoms with Crippen molar-refractivity contribution in [3.63, 3.8) is 0 Å². The molecule has 1 aromatic carbocycles. The van der Waals surface area contributed by atoms with Crippen molar-refractivity contribution >= 4 is 34.7 Å². The maximum Gasteiger partial charge on any atom is 0.339 e. The van der Waals surface area contributed by atoms with Crippen LogP contribution in [0.25, 0.3) is 5.69 Å². The first-order chi connectivity index (χ1) is 17.6. The Balaban J connectivity index is 1.15. The quantitative estimate of drug-likeness (QED) is 0.250. The maximum atomic E-state index is 11.9. The highest BCUT2D eigenvalue weighted by Crippen LogP contribution is 2.35. The molecule has 1 fully saturated rings. The van der Waals surface area contributed by atoms with Crippen molar-refractivity contribution in [2.45, 2.75) is 31.2 Å². The summed E-state index contributed by atoms with van der Waals surface area (Å²) in [5, 5.41) is 14.1. The molecular weight excluding hydrogens is 502 g/mol. The van der Waals surface area contributed by atoms with Gasteiger partial charge in [0.15, 0.2) is 0 Å². The van der Waals surface area contributed by atoms with Crippen LogP contribution in [0.15, 0.2) is 54.3 Å². The van der Waals surface area contributed by atoms with E-state index in [0.717, 1.165) is 40.9 Å². The number of rotatable bonds is 8. The summed E-state index contributed by atoms with van der Waals surface area (Å²) in [6, 6.07) is 11.1. The lowest BCUT2D eigenvalue weighted by Gasteiger charge is -2.35. The first-order valence-electron chi connectivity index (χ1n) is 11.5. The highest BCUT2D eigenvalue weighted by Gasteiger charge is 2.31. The van der Waals surface area contributed by atoms with Gasteiger partial charge in [0.2, 0.25) is 0 Å². The molecular formula is C24H24ClN7O3S. The molecule has 5 rings (SSSR count). The predicted molar refractivity (Wildman–Crippen MR) is 135 cm³/mol. The van der Waals surface area contributed by atoms with E-state index in [1.807, 2.05) is 35.7 Å². The van der Waals surface area contributed by atoms with Gasteiger partial charge in [-0.2, -0.15) is 0 Å². The zero-order chi connectivity index (χ0) is 24.9. The number of carbonyl (C=O) groups is 1. The van der Waals surface area contributed by atoms with E-state index < -0.39 is 0 Å².